The van der Waals surface area contributed by atoms with Gasteiger partial charge in [-0.3, -0.25) is 4.99 Å². The lowest BCUT2D eigenvalue weighted by Crippen LogP contribution is -2.62. The van der Waals surface area contributed by atoms with Gasteiger partial charge in [0.25, 0.3) is 0 Å². The molecule has 0 atom stereocenters. The predicted octanol–water partition coefficient (Wildman–Crippen LogP) is 4.62. The third-order valence-electron chi connectivity index (χ3n) is 1.08. The second-order valence-electron chi connectivity index (χ2n) is 2.25. The summed E-state index contributed by atoms with van der Waals surface area (Å²) < 4.78 is 0. The van der Waals surface area contributed by atoms with E-state index < -0.39 is 0 Å². The van der Waals surface area contributed by atoms with Crippen molar-refractivity contribution >= 4 is 6.21 Å². The Balaban J connectivity index is -0.0000000188. The van der Waals surface area contributed by atoms with Crippen molar-refractivity contribution in [2.75, 3.05) is 14.1 Å². The van der Waals surface area contributed by atoms with E-state index >= 15 is 0 Å². The lowest BCUT2D eigenvalue weighted by atomic mass is 10.5. The molecular formula is C18H45N2+. The average molecular weight is 290 g/mol. The van der Waals surface area contributed by atoms with E-state index in [-0.39, 0.29) is 44.6 Å². The maximum absolute atomic E-state index is 3.52. The molecule has 0 aromatic rings. The van der Waals surface area contributed by atoms with Crippen molar-refractivity contribution in [3.05, 3.63) is 49.2 Å². The Hall–Kier alpha value is -1.57. The van der Waals surface area contributed by atoms with E-state index in [2.05, 4.69) is 16.9 Å². The van der Waals surface area contributed by atoms with Crippen molar-refractivity contribution in [2.24, 2.45) is 0 Å². The van der Waals surface area contributed by atoms with Crippen LogP contribution < -0.4 is 10.3 Å². The molecule has 0 fully saturated rings. The Labute approximate surface area is 132 Å². The van der Waals surface area contributed by atoms with Gasteiger partial charge in [0.05, 0.1) is 0 Å². The first-order valence-electron chi connectivity index (χ1n) is 4.56. The molecule has 0 heterocycles. The van der Waals surface area contributed by atoms with Crippen LogP contribution in [0.5, 0.6) is 0 Å². The van der Waals surface area contributed by atoms with Gasteiger partial charge in [0.2, 0.25) is 0 Å². The summed E-state index contributed by atoms with van der Waals surface area (Å²) in [7, 11) is 3.73. The molecule has 0 aromatic heterocycles. The zero-order valence-corrected chi connectivity index (χ0v) is 9.33. The van der Waals surface area contributed by atoms with E-state index in [1.165, 1.54) is 0 Å². The van der Waals surface area contributed by atoms with Gasteiger partial charge >= 0.3 is 0 Å². The minimum Gasteiger partial charge on any atom is -0.394 e. The summed E-state index contributed by atoms with van der Waals surface area (Å²) in [5, 5.41) is 2.86. The number of hydrogen-bond donors (Lipinski definition) is 2. The highest BCUT2D eigenvalue weighted by Crippen LogP contribution is 1.73. The first kappa shape index (κ1) is 51.5. The summed E-state index contributed by atoms with van der Waals surface area (Å²) >= 11 is 0. The number of allylic oxidation sites excluding steroid dienone is 6. The second kappa shape index (κ2) is 66.2. The Morgan fingerprint density at radius 1 is 0.850 bits per heavy atom. The molecule has 126 valence electrons. The second-order valence-corrected chi connectivity index (χ2v) is 2.25. The maximum Gasteiger partial charge on any atom is 0.161 e. The first-order chi connectivity index (χ1) is 6.83. The van der Waals surface area contributed by atoms with E-state index in [0.717, 1.165) is 0 Å². The molecule has 0 amide bonds. The normalized spacial score (nSPS) is 7.75. The van der Waals surface area contributed by atoms with Gasteiger partial charge in [0.15, 0.2) is 6.21 Å². The molecule has 0 aliphatic carbocycles. The molecule has 0 rings (SSSR count). The van der Waals surface area contributed by atoms with E-state index in [4.69, 9.17) is 0 Å². The Morgan fingerprint density at radius 2 is 1.35 bits per heavy atom. The third kappa shape index (κ3) is 94.6. The van der Waals surface area contributed by atoms with E-state index in [1.54, 1.807) is 6.08 Å². The maximum atomic E-state index is 3.52. The molecule has 0 bridgehead atoms. The van der Waals surface area contributed by atoms with Crippen molar-refractivity contribution in [2.45, 2.75) is 51.5 Å². The van der Waals surface area contributed by atoms with Crippen LogP contribution in [0.2, 0.25) is 0 Å². The third-order valence-corrected chi connectivity index (χ3v) is 1.08. The minimum atomic E-state index is 0. The summed E-state index contributed by atoms with van der Waals surface area (Å²) in [6.45, 7) is 5.50. The van der Waals surface area contributed by atoms with Gasteiger partial charge in [-0.1, -0.05) is 75.4 Å². The summed E-state index contributed by atoms with van der Waals surface area (Å²) in [6, 6.07) is 0. The van der Waals surface area contributed by atoms with Crippen molar-refractivity contribution in [3.63, 3.8) is 0 Å². The van der Waals surface area contributed by atoms with Crippen molar-refractivity contribution < 1.29 is 4.99 Å². The predicted molar refractivity (Wildman–Crippen MR) is 106 cm³/mol. The lowest BCUT2D eigenvalue weighted by molar-refractivity contribution is -0.413. The van der Waals surface area contributed by atoms with Gasteiger partial charge in [0, 0.05) is 7.05 Å². The van der Waals surface area contributed by atoms with Gasteiger partial charge < -0.3 is 5.32 Å². The summed E-state index contributed by atoms with van der Waals surface area (Å²) in [5.41, 5.74) is 0. The molecule has 0 saturated heterocycles. The fourth-order valence-electron chi connectivity index (χ4n) is 0.487. The van der Waals surface area contributed by atoms with Crippen molar-refractivity contribution in [3.8, 4) is 0 Å². The fourth-order valence-corrected chi connectivity index (χ4v) is 0.487. The SMILES string of the molecule is C.C.C.C.C.C.C=CC=CC=CNC.CC=CC=[NH+]C. The number of rotatable bonds is 4. The van der Waals surface area contributed by atoms with Gasteiger partial charge in [-0.25, -0.2) is 0 Å². The Kier molecular flexibility index (Phi) is 170. The molecular weight excluding hydrogens is 244 g/mol. The van der Waals surface area contributed by atoms with Crippen LogP contribution in [0, 0.1) is 0 Å². The van der Waals surface area contributed by atoms with Crippen LogP contribution in [0.25, 0.3) is 0 Å². The first-order valence-corrected chi connectivity index (χ1v) is 4.56. The van der Waals surface area contributed by atoms with Gasteiger partial charge in [0.1, 0.15) is 7.05 Å². The average Bonchev–Trinajstić information content (AvgIpc) is 2.22. The monoisotopic (exact) mass is 289 g/mol. The highest BCUT2D eigenvalue weighted by molar-refractivity contribution is 5.64. The summed E-state index contributed by atoms with van der Waals surface area (Å²) in [5.74, 6) is 0. The molecule has 0 saturated carbocycles. The molecule has 2 nitrogen and oxygen atoms in total. The summed E-state index contributed by atoms with van der Waals surface area (Å²) in [4.78, 5) is 2.86. The van der Waals surface area contributed by atoms with Gasteiger partial charge in [-0.05, 0) is 25.3 Å². The van der Waals surface area contributed by atoms with E-state index in [0.29, 0.717) is 0 Å². The molecule has 20 heavy (non-hydrogen) atoms. The largest absolute Gasteiger partial charge is 0.394 e. The molecule has 0 unspecified atom stereocenters. The Bertz CT molecular complexity index is 201. The standard InChI is InChI=1S/C7H11N.C5H9N.6CH4/c1-3-4-5-6-7-8-2;1-3-4-5-6-2;;;;;;/h3-8H,1H2,2H3;3-5H,1-2H3;6*1H4/p+1. The van der Waals surface area contributed by atoms with Crippen LogP contribution >= 0.6 is 0 Å². The molecule has 2 N–H and O–H groups in total. The lowest BCUT2D eigenvalue weighted by Gasteiger charge is -1.77. The van der Waals surface area contributed by atoms with Crippen LogP contribution in [-0.4, -0.2) is 20.3 Å². The van der Waals surface area contributed by atoms with Crippen LogP contribution in [-0.2, 0) is 0 Å². The molecule has 0 aromatic carbocycles. The smallest absolute Gasteiger partial charge is 0.161 e. The minimum absolute atomic E-state index is 0. The van der Waals surface area contributed by atoms with Crippen molar-refractivity contribution in [1.29, 1.82) is 0 Å². The van der Waals surface area contributed by atoms with E-state index in [1.807, 2.05) is 63.8 Å². The number of nitrogens with one attached hydrogen (secondary N) is 2. The van der Waals surface area contributed by atoms with Gasteiger partial charge in [-0.2, -0.15) is 0 Å². The van der Waals surface area contributed by atoms with Crippen LogP contribution in [0.1, 0.15) is 51.5 Å². The molecule has 0 aliphatic heterocycles. The molecule has 0 aliphatic rings. The van der Waals surface area contributed by atoms with Gasteiger partial charge in [-0.15, -0.1) is 0 Å². The van der Waals surface area contributed by atoms with Crippen LogP contribution in [0.15, 0.2) is 49.2 Å². The highest BCUT2D eigenvalue weighted by atomic mass is 14.8. The topological polar surface area (TPSA) is 26.0 Å². The van der Waals surface area contributed by atoms with Crippen LogP contribution in [0.3, 0.4) is 0 Å². The zero-order valence-electron chi connectivity index (χ0n) is 9.33. The highest BCUT2D eigenvalue weighted by Gasteiger charge is 1.56. The zero-order chi connectivity index (χ0) is 11.1. The van der Waals surface area contributed by atoms with Crippen LogP contribution in [0.4, 0.5) is 0 Å². The molecule has 0 spiro atoms. The molecule has 2 heteroatoms. The van der Waals surface area contributed by atoms with Crippen molar-refractivity contribution in [1.82, 2.24) is 5.32 Å². The summed E-state index contributed by atoms with van der Waals surface area (Å²) in [6.07, 6.45) is 15.1. The fraction of sp³-hybridized carbons (Fsp3) is 0.500. The number of hydrogen-bond acceptors (Lipinski definition) is 1. The van der Waals surface area contributed by atoms with E-state index in [9.17, 15) is 0 Å². The quantitative estimate of drug-likeness (QED) is 0.573. The molecule has 0 radical (unpaired) electrons. The Morgan fingerprint density at radius 3 is 1.60 bits per heavy atom.